The van der Waals surface area contributed by atoms with Crippen LogP contribution in [-0.2, 0) is 16.0 Å². The maximum Gasteiger partial charge on any atom is 0.224 e. The second-order valence-electron chi connectivity index (χ2n) is 6.60. The van der Waals surface area contributed by atoms with E-state index in [0.717, 1.165) is 16.5 Å². The van der Waals surface area contributed by atoms with Crippen molar-refractivity contribution in [3.05, 3.63) is 54.2 Å². The van der Waals surface area contributed by atoms with Gasteiger partial charge in [0.05, 0.1) is 20.6 Å². The summed E-state index contributed by atoms with van der Waals surface area (Å²) in [4.78, 5) is 29.2. The van der Waals surface area contributed by atoms with Gasteiger partial charge in [0.2, 0.25) is 11.8 Å². The third-order valence-corrected chi connectivity index (χ3v) is 4.74. The summed E-state index contributed by atoms with van der Waals surface area (Å²) in [5.41, 5.74) is 2.63. The van der Waals surface area contributed by atoms with Crippen molar-refractivity contribution in [1.29, 1.82) is 0 Å². The van der Waals surface area contributed by atoms with Crippen LogP contribution in [0.4, 0.5) is 5.69 Å². The summed E-state index contributed by atoms with van der Waals surface area (Å²) in [5.74, 6) is 0.917. The molecule has 2 amide bonds. The predicted octanol–water partition coefficient (Wildman–Crippen LogP) is 2.90. The summed E-state index contributed by atoms with van der Waals surface area (Å²) >= 11 is 0. The first kappa shape index (κ1) is 20.3. The first-order valence-corrected chi connectivity index (χ1v) is 9.35. The Balaban J connectivity index is 1.61. The second-order valence-corrected chi connectivity index (χ2v) is 6.60. The molecule has 7 nitrogen and oxygen atoms in total. The Labute approximate surface area is 169 Å². The number of carbonyl (C=O) groups excluding carboxylic acids is 2. The van der Waals surface area contributed by atoms with Crippen molar-refractivity contribution in [2.45, 2.75) is 13.3 Å². The van der Waals surface area contributed by atoms with Crippen LogP contribution < -0.4 is 19.7 Å². The summed E-state index contributed by atoms with van der Waals surface area (Å²) in [6.45, 7) is 2.18. The largest absolute Gasteiger partial charge is 0.493 e. The molecule has 0 fully saturated rings. The van der Waals surface area contributed by atoms with Crippen molar-refractivity contribution in [2.75, 3.05) is 32.2 Å². The van der Waals surface area contributed by atoms with Crippen LogP contribution >= 0.6 is 0 Å². The smallest absolute Gasteiger partial charge is 0.224 e. The van der Waals surface area contributed by atoms with Gasteiger partial charge in [0, 0.05) is 48.9 Å². The zero-order chi connectivity index (χ0) is 20.8. The van der Waals surface area contributed by atoms with E-state index in [1.807, 2.05) is 30.5 Å². The van der Waals surface area contributed by atoms with Gasteiger partial charge >= 0.3 is 0 Å². The lowest BCUT2D eigenvalue weighted by atomic mass is 10.1. The molecule has 0 saturated heterocycles. The Kier molecular flexibility index (Phi) is 6.39. The van der Waals surface area contributed by atoms with Crippen LogP contribution in [0.2, 0.25) is 0 Å². The van der Waals surface area contributed by atoms with Crippen LogP contribution in [0.1, 0.15) is 12.5 Å². The minimum atomic E-state index is -0.122. The Hall–Kier alpha value is -3.48. The van der Waals surface area contributed by atoms with Crippen LogP contribution in [0.25, 0.3) is 10.9 Å². The first-order valence-electron chi connectivity index (χ1n) is 9.35. The number of para-hydroxylation sites is 1. The molecule has 0 aliphatic carbocycles. The lowest BCUT2D eigenvalue weighted by Gasteiger charge is -2.22. The predicted molar refractivity (Wildman–Crippen MR) is 113 cm³/mol. The van der Waals surface area contributed by atoms with Gasteiger partial charge in [-0.2, -0.15) is 0 Å². The number of aromatic amines is 1. The third kappa shape index (κ3) is 4.68. The zero-order valence-corrected chi connectivity index (χ0v) is 16.8. The second kappa shape index (κ2) is 9.14. The zero-order valence-electron chi connectivity index (χ0n) is 16.8. The van der Waals surface area contributed by atoms with E-state index in [1.54, 1.807) is 37.3 Å². The number of anilines is 1. The molecule has 0 unspecified atom stereocenters. The van der Waals surface area contributed by atoms with Crippen LogP contribution in [0.15, 0.2) is 48.7 Å². The minimum Gasteiger partial charge on any atom is -0.493 e. The molecule has 152 valence electrons. The number of fused-ring (bicyclic) bond motifs is 1. The van der Waals surface area contributed by atoms with Crippen molar-refractivity contribution in [3.8, 4) is 11.5 Å². The molecule has 0 saturated carbocycles. The molecule has 1 aromatic heterocycles. The SMILES string of the molecule is COc1ccc(N(CCNC(=O)Cc2c[nH]c3ccccc23)C(C)=O)cc1OC. The van der Waals surface area contributed by atoms with Gasteiger partial charge in [-0.3, -0.25) is 9.59 Å². The number of hydrogen-bond acceptors (Lipinski definition) is 4. The van der Waals surface area contributed by atoms with Crippen LogP contribution in [0, 0.1) is 0 Å². The number of nitrogens with one attached hydrogen (secondary N) is 2. The summed E-state index contributed by atoms with van der Waals surface area (Å²) in [6, 6.07) is 13.1. The number of methoxy groups -OCH3 is 2. The van der Waals surface area contributed by atoms with Gasteiger partial charge in [-0.1, -0.05) is 18.2 Å². The standard InChI is InChI=1S/C22H25N3O4/c1-15(26)25(17-8-9-20(28-2)21(13-17)29-3)11-10-23-22(27)12-16-14-24-19-7-5-4-6-18(16)19/h4-9,13-14,24H,10-12H2,1-3H3,(H,23,27). The summed E-state index contributed by atoms with van der Waals surface area (Å²) in [6.07, 6.45) is 2.14. The highest BCUT2D eigenvalue weighted by atomic mass is 16.5. The van der Waals surface area contributed by atoms with Gasteiger partial charge in [-0.25, -0.2) is 0 Å². The molecule has 0 aliphatic heterocycles. The number of amides is 2. The monoisotopic (exact) mass is 395 g/mol. The van der Waals surface area contributed by atoms with Crippen LogP contribution in [0.3, 0.4) is 0 Å². The van der Waals surface area contributed by atoms with Gasteiger partial charge in [-0.05, 0) is 23.8 Å². The van der Waals surface area contributed by atoms with Crippen LogP contribution in [0.5, 0.6) is 11.5 Å². The highest BCUT2D eigenvalue weighted by Gasteiger charge is 2.15. The van der Waals surface area contributed by atoms with E-state index < -0.39 is 0 Å². The minimum absolute atomic E-state index is 0.0921. The number of ether oxygens (including phenoxy) is 2. The molecule has 2 N–H and O–H groups in total. The Morgan fingerprint density at radius 1 is 1.07 bits per heavy atom. The van der Waals surface area contributed by atoms with E-state index in [4.69, 9.17) is 9.47 Å². The maximum atomic E-state index is 12.4. The van der Waals surface area contributed by atoms with E-state index in [9.17, 15) is 9.59 Å². The average molecular weight is 395 g/mol. The van der Waals surface area contributed by atoms with Crippen molar-refractivity contribution in [1.82, 2.24) is 10.3 Å². The van der Waals surface area contributed by atoms with E-state index >= 15 is 0 Å². The highest BCUT2D eigenvalue weighted by molar-refractivity contribution is 5.92. The summed E-state index contributed by atoms with van der Waals surface area (Å²) in [5, 5.41) is 3.93. The van der Waals surface area contributed by atoms with Crippen molar-refractivity contribution in [3.63, 3.8) is 0 Å². The molecular weight excluding hydrogens is 370 g/mol. The van der Waals surface area contributed by atoms with Crippen molar-refractivity contribution in [2.24, 2.45) is 0 Å². The molecule has 0 spiro atoms. The van der Waals surface area contributed by atoms with Crippen molar-refractivity contribution >= 4 is 28.4 Å². The molecule has 3 rings (SSSR count). The van der Waals surface area contributed by atoms with Gasteiger partial charge in [-0.15, -0.1) is 0 Å². The fourth-order valence-electron chi connectivity index (χ4n) is 3.28. The van der Waals surface area contributed by atoms with Gasteiger partial charge in [0.25, 0.3) is 0 Å². The average Bonchev–Trinajstić information content (AvgIpc) is 3.13. The Morgan fingerprint density at radius 2 is 1.83 bits per heavy atom. The number of nitrogens with zero attached hydrogens (tertiary/aromatic N) is 1. The Bertz CT molecular complexity index is 1010. The lowest BCUT2D eigenvalue weighted by Crippen LogP contribution is -2.38. The first-order chi connectivity index (χ1) is 14.0. The van der Waals surface area contributed by atoms with E-state index in [1.165, 1.54) is 6.92 Å². The van der Waals surface area contributed by atoms with Gasteiger partial charge < -0.3 is 24.7 Å². The lowest BCUT2D eigenvalue weighted by molar-refractivity contribution is -0.121. The van der Waals surface area contributed by atoms with Crippen LogP contribution in [-0.4, -0.2) is 44.1 Å². The topological polar surface area (TPSA) is 83.7 Å². The van der Waals surface area contributed by atoms with Crippen molar-refractivity contribution < 1.29 is 19.1 Å². The number of benzene rings is 2. The summed E-state index contributed by atoms with van der Waals surface area (Å²) in [7, 11) is 3.11. The molecular formula is C22H25N3O4. The third-order valence-electron chi connectivity index (χ3n) is 4.74. The molecule has 29 heavy (non-hydrogen) atoms. The van der Waals surface area contributed by atoms with E-state index in [2.05, 4.69) is 10.3 Å². The molecule has 0 aliphatic rings. The molecule has 0 atom stereocenters. The number of H-pyrrole nitrogens is 1. The Morgan fingerprint density at radius 3 is 2.55 bits per heavy atom. The number of carbonyl (C=O) groups is 2. The number of aromatic nitrogens is 1. The molecule has 0 radical (unpaired) electrons. The molecule has 1 heterocycles. The molecule has 0 bridgehead atoms. The fraction of sp³-hybridized carbons (Fsp3) is 0.273. The van der Waals surface area contributed by atoms with Gasteiger partial charge in [0.15, 0.2) is 11.5 Å². The number of rotatable bonds is 8. The maximum absolute atomic E-state index is 12.4. The van der Waals surface area contributed by atoms with E-state index in [-0.39, 0.29) is 18.2 Å². The number of hydrogen-bond donors (Lipinski definition) is 2. The highest BCUT2D eigenvalue weighted by Crippen LogP contribution is 2.31. The van der Waals surface area contributed by atoms with E-state index in [0.29, 0.717) is 30.3 Å². The molecule has 7 heteroatoms. The quantitative estimate of drug-likeness (QED) is 0.614. The fourth-order valence-corrected chi connectivity index (χ4v) is 3.28. The van der Waals surface area contributed by atoms with Gasteiger partial charge in [0.1, 0.15) is 0 Å². The summed E-state index contributed by atoms with van der Waals surface area (Å²) < 4.78 is 10.5. The molecule has 2 aromatic carbocycles. The normalized spacial score (nSPS) is 10.6. The molecule has 3 aromatic rings.